The largest absolute Gasteiger partial charge is 0.478 e. The first-order valence-corrected chi connectivity index (χ1v) is 8.02. The summed E-state index contributed by atoms with van der Waals surface area (Å²) in [5, 5.41) is 13.8. The first-order valence-electron chi connectivity index (χ1n) is 6.32. The summed E-state index contributed by atoms with van der Waals surface area (Å²) < 4.78 is 0. The molecule has 0 atom stereocenters. The lowest BCUT2D eigenvalue weighted by atomic mass is 10.2. The summed E-state index contributed by atoms with van der Waals surface area (Å²) in [6.45, 7) is 0. The molecule has 110 valence electrons. The molecule has 2 N–H and O–H groups in total. The van der Waals surface area contributed by atoms with Gasteiger partial charge in [-0.3, -0.25) is 4.79 Å². The van der Waals surface area contributed by atoms with Crippen LogP contribution < -0.4 is 5.32 Å². The Kier molecular flexibility index (Phi) is 5.65. The van der Waals surface area contributed by atoms with Gasteiger partial charge in [0.15, 0.2) is 5.13 Å². The van der Waals surface area contributed by atoms with E-state index in [2.05, 4.69) is 16.4 Å². The lowest BCUT2D eigenvalue weighted by Crippen LogP contribution is -2.10. The molecule has 1 amide bonds. The molecule has 7 heteroatoms. The fraction of sp³-hybridized carbons (Fsp3) is 0.214. The van der Waals surface area contributed by atoms with Crippen molar-refractivity contribution < 1.29 is 14.7 Å². The van der Waals surface area contributed by atoms with Crippen molar-refractivity contribution in [1.82, 2.24) is 4.98 Å². The van der Waals surface area contributed by atoms with Crippen LogP contribution in [0.3, 0.4) is 0 Å². The third-order valence-electron chi connectivity index (χ3n) is 2.57. The summed E-state index contributed by atoms with van der Waals surface area (Å²) in [5.41, 5.74) is 0. The van der Waals surface area contributed by atoms with Gasteiger partial charge in [-0.1, -0.05) is 17.4 Å². The Morgan fingerprint density at radius 1 is 1.43 bits per heavy atom. The first kappa shape index (κ1) is 15.4. The van der Waals surface area contributed by atoms with Gasteiger partial charge in [-0.05, 0) is 30.4 Å². The predicted molar refractivity (Wildman–Crippen MR) is 84.7 cm³/mol. The predicted octanol–water partition coefficient (Wildman–Crippen LogP) is 3.26. The second-order valence-electron chi connectivity index (χ2n) is 4.22. The summed E-state index contributed by atoms with van der Waals surface area (Å²) in [7, 11) is 0. The van der Waals surface area contributed by atoms with Gasteiger partial charge in [0.25, 0.3) is 0 Å². The number of nitrogens with zero attached hydrogens (tertiary/aromatic N) is 1. The Balaban J connectivity index is 1.76. The number of thiazole rings is 1. The molecule has 21 heavy (non-hydrogen) atoms. The van der Waals surface area contributed by atoms with Crippen molar-refractivity contribution in [2.75, 3.05) is 5.32 Å². The van der Waals surface area contributed by atoms with Crippen LogP contribution in [0.4, 0.5) is 5.13 Å². The fourth-order valence-corrected chi connectivity index (χ4v) is 3.12. The molecule has 5 nitrogen and oxygen atoms in total. The molecule has 0 saturated carbocycles. The van der Waals surface area contributed by atoms with Crippen molar-refractivity contribution in [3.63, 3.8) is 0 Å². The number of thiophene rings is 1. The maximum absolute atomic E-state index is 11.8. The van der Waals surface area contributed by atoms with E-state index >= 15 is 0 Å². The minimum atomic E-state index is -1.01. The molecule has 0 unspecified atom stereocenters. The minimum Gasteiger partial charge on any atom is -0.478 e. The summed E-state index contributed by atoms with van der Waals surface area (Å²) in [4.78, 5) is 28.2. The first-order chi connectivity index (χ1) is 10.1. The van der Waals surface area contributed by atoms with E-state index in [1.165, 1.54) is 28.5 Å². The third kappa shape index (κ3) is 5.49. The van der Waals surface area contributed by atoms with Gasteiger partial charge < -0.3 is 10.4 Å². The summed E-state index contributed by atoms with van der Waals surface area (Å²) in [6, 6.07) is 4.06. The highest BCUT2D eigenvalue weighted by molar-refractivity contribution is 7.16. The van der Waals surface area contributed by atoms with E-state index in [-0.39, 0.29) is 5.91 Å². The zero-order valence-electron chi connectivity index (χ0n) is 11.1. The van der Waals surface area contributed by atoms with E-state index in [0.717, 1.165) is 18.9 Å². The number of carbonyl (C=O) groups is 2. The number of anilines is 1. The number of amides is 1. The van der Waals surface area contributed by atoms with Crippen molar-refractivity contribution in [3.8, 4) is 0 Å². The number of carboxylic acid groups (broad SMARTS) is 1. The topological polar surface area (TPSA) is 79.3 Å². The number of hydrogen-bond donors (Lipinski definition) is 2. The van der Waals surface area contributed by atoms with Crippen LogP contribution in [0.5, 0.6) is 0 Å². The van der Waals surface area contributed by atoms with Crippen LogP contribution in [0.25, 0.3) is 6.08 Å². The van der Waals surface area contributed by atoms with Crippen LogP contribution in [0.2, 0.25) is 0 Å². The van der Waals surface area contributed by atoms with Gasteiger partial charge >= 0.3 is 5.97 Å². The van der Waals surface area contributed by atoms with Crippen LogP contribution >= 0.6 is 22.7 Å². The maximum Gasteiger partial charge on any atom is 0.328 e. The number of hydrogen-bond acceptors (Lipinski definition) is 5. The van der Waals surface area contributed by atoms with E-state index in [4.69, 9.17) is 5.11 Å². The summed E-state index contributed by atoms with van der Waals surface area (Å²) in [6.07, 6.45) is 6.16. The normalized spacial score (nSPS) is 10.9. The molecule has 2 aromatic rings. The van der Waals surface area contributed by atoms with E-state index in [9.17, 15) is 9.59 Å². The number of aliphatic carboxylic acids is 1. The molecular weight excluding hydrogens is 308 g/mol. The quantitative estimate of drug-likeness (QED) is 0.767. The van der Waals surface area contributed by atoms with Crippen LogP contribution in [0.15, 0.2) is 29.8 Å². The van der Waals surface area contributed by atoms with Gasteiger partial charge in [-0.25, -0.2) is 9.78 Å². The van der Waals surface area contributed by atoms with E-state index in [0.29, 0.717) is 16.4 Å². The van der Waals surface area contributed by atoms with Gasteiger partial charge in [-0.2, -0.15) is 0 Å². The van der Waals surface area contributed by atoms with Crippen molar-refractivity contribution in [2.24, 2.45) is 0 Å². The number of carboxylic acids is 1. The summed E-state index contributed by atoms with van der Waals surface area (Å²) >= 11 is 2.94. The second kappa shape index (κ2) is 7.70. The zero-order valence-corrected chi connectivity index (χ0v) is 12.7. The molecule has 0 saturated heterocycles. The Morgan fingerprint density at radius 3 is 3.00 bits per heavy atom. The van der Waals surface area contributed by atoms with E-state index < -0.39 is 5.97 Å². The van der Waals surface area contributed by atoms with Gasteiger partial charge in [0.05, 0.1) is 0 Å². The Hall–Kier alpha value is -1.99. The minimum absolute atomic E-state index is 0.0744. The molecule has 0 aromatic carbocycles. The van der Waals surface area contributed by atoms with E-state index in [1.807, 2.05) is 11.4 Å². The maximum atomic E-state index is 11.8. The zero-order chi connectivity index (χ0) is 15.1. The average molecular weight is 322 g/mol. The van der Waals surface area contributed by atoms with Crippen LogP contribution in [0, 0.1) is 0 Å². The number of rotatable bonds is 7. The molecule has 0 fully saturated rings. The third-order valence-corrected chi connectivity index (χ3v) is 4.38. The standard InChI is InChI=1S/C14H14N2O3S2/c17-12(5-1-3-10-4-2-8-20-10)16-14-15-9-11(21-14)6-7-13(18)19/h2,4,6-9H,1,3,5H2,(H,18,19)(H,15,16,17). The Bertz CT molecular complexity index is 632. The van der Waals surface area contributed by atoms with Crippen molar-refractivity contribution >= 4 is 45.8 Å². The van der Waals surface area contributed by atoms with Crippen LogP contribution in [0.1, 0.15) is 22.6 Å². The van der Waals surface area contributed by atoms with Gasteiger partial charge in [0.2, 0.25) is 5.91 Å². The molecule has 0 spiro atoms. The van der Waals surface area contributed by atoms with Gasteiger partial charge in [0.1, 0.15) is 0 Å². The van der Waals surface area contributed by atoms with Gasteiger partial charge in [0, 0.05) is 28.4 Å². The smallest absolute Gasteiger partial charge is 0.328 e. The summed E-state index contributed by atoms with van der Waals surface area (Å²) in [5.74, 6) is -1.09. The Morgan fingerprint density at radius 2 is 2.29 bits per heavy atom. The molecule has 2 aromatic heterocycles. The SMILES string of the molecule is O=C(O)C=Cc1cnc(NC(=O)CCCc2cccs2)s1. The highest BCUT2D eigenvalue weighted by Crippen LogP contribution is 2.20. The Labute approximate surface area is 130 Å². The molecule has 2 rings (SSSR count). The van der Waals surface area contributed by atoms with E-state index in [1.54, 1.807) is 11.3 Å². The van der Waals surface area contributed by atoms with Crippen molar-refractivity contribution in [3.05, 3.63) is 39.5 Å². The molecule has 0 bridgehead atoms. The van der Waals surface area contributed by atoms with Crippen LogP contribution in [-0.2, 0) is 16.0 Å². The highest BCUT2D eigenvalue weighted by atomic mass is 32.1. The lowest BCUT2D eigenvalue weighted by Gasteiger charge is -2.00. The number of nitrogens with one attached hydrogen (secondary N) is 1. The van der Waals surface area contributed by atoms with Crippen LogP contribution in [-0.4, -0.2) is 22.0 Å². The molecule has 0 radical (unpaired) electrons. The second-order valence-corrected chi connectivity index (χ2v) is 6.31. The number of aromatic nitrogens is 1. The van der Waals surface area contributed by atoms with Crippen molar-refractivity contribution in [1.29, 1.82) is 0 Å². The highest BCUT2D eigenvalue weighted by Gasteiger charge is 2.06. The monoisotopic (exact) mass is 322 g/mol. The number of carbonyl (C=O) groups excluding carboxylic acids is 1. The lowest BCUT2D eigenvalue weighted by molar-refractivity contribution is -0.131. The van der Waals surface area contributed by atoms with Gasteiger partial charge in [-0.15, -0.1) is 11.3 Å². The average Bonchev–Trinajstić information content (AvgIpc) is 3.08. The van der Waals surface area contributed by atoms with Crippen molar-refractivity contribution in [2.45, 2.75) is 19.3 Å². The molecule has 0 aliphatic carbocycles. The molecule has 2 heterocycles. The molecule has 0 aliphatic rings. The fourth-order valence-electron chi connectivity index (χ4n) is 1.63. The number of aryl methyl sites for hydroxylation is 1. The molecule has 0 aliphatic heterocycles. The molecular formula is C14H14N2O3S2.